The summed E-state index contributed by atoms with van der Waals surface area (Å²) in [5.41, 5.74) is 0.788. The van der Waals surface area contributed by atoms with Crippen molar-refractivity contribution in [1.29, 1.82) is 0 Å². The summed E-state index contributed by atoms with van der Waals surface area (Å²) in [4.78, 5) is 17.6. The lowest BCUT2D eigenvalue weighted by Crippen LogP contribution is -2.40. The Bertz CT molecular complexity index is 666. The van der Waals surface area contributed by atoms with Gasteiger partial charge in [0.1, 0.15) is 6.54 Å². The number of amides is 1. The first kappa shape index (κ1) is 24.5. The molecular weight excluding hydrogens is 474 g/mol. The molecule has 158 valence electrons. The second-order valence-electron chi connectivity index (χ2n) is 7.19. The normalized spacial score (nSPS) is 14.7. The molecule has 0 spiro atoms. The average Bonchev–Trinajstić information content (AvgIpc) is 3.46. The maximum atomic E-state index is 14.3. The SMILES string of the molecule is CCCNC(=NCC(=O)N(C)C)NC(C)c1ccc(OCC2CC2)c(F)c1.I. The second-order valence-corrected chi connectivity index (χ2v) is 7.19. The lowest BCUT2D eigenvalue weighted by atomic mass is 10.1. The number of carbonyl (C=O) groups excluding carboxylic acids is 1. The zero-order valence-electron chi connectivity index (χ0n) is 17.1. The number of nitrogens with zero attached hydrogens (tertiary/aromatic N) is 2. The Balaban J connectivity index is 0.00000392. The molecule has 8 heteroatoms. The number of carbonyl (C=O) groups is 1. The smallest absolute Gasteiger partial charge is 0.243 e. The number of hydrogen-bond donors (Lipinski definition) is 2. The van der Waals surface area contributed by atoms with E-state index in [2.05, 4.69) is 22.5 Å². The highest BCUT2D eigenvalue weighted by molar-refractivity contribution is 14.0. The molecule has 1 aromatic carbocycles. The van der Waals surface area contributed by atoms with Gasteiger partial charge in [-0.2, -0.15) is 0 Å². The molecular formula is C20H32FIN4O2. The van der Waals surface area contributed by atoms with Crippen LogP contribution in [0.2, 0.25) is 0 Å². The Hall–Kier alpha value is -1.58. The van der Waals surface area contributed by atoms with E-state index >= 15 is 0 Å². The molecule has 28 heavy (non-hydrogen) atoms. The van der Waals surface area contributed by atoms with Crippen molar-refractivity contribution < 1.29 is 13.9 Å². The molecule has 1 aliphatic rings. The fourth-order valence-corrected chi connectivity index (χ4v) is 2.37. The van der Waals surface area contributed by atoms with E-state index < -0.39 is 0 Å². The zero-order valence-corrected chi connectivity index (χ0v) is 19.5. The maximum Gasteiger partial charge on any atom is 0.243 e. The Morgan fingerprint density at radius 1 is 1.39 bits per heavy atom. The summed E-state index contributed by atoms with van der Waals surface area (Å²) in [6.07, 6.45) is 3.27. The number of rotatable bonds is 9. The van der Waals surface area contributed by atoms with E-state index in [9.17, 15) is 9.18 Å². The summed E-state index contributed by atoms with van der Waals surface area (Å²) in [7, 11) is 3.39. The number of halogens is 2. The van der Waals surface area contributed by atoms with Gasteiger partial charge in [-0.05, 0) is 49.8 Å². The molecule has 1 fully saturated rings. The summed E-state index contributed by atoms with van der Waals surface area (Å²) in [5.74, 6) is 0.979. The average molecular weight is 506 g/mol. The maximum absolute atomic E-state index is 14.3. The van der Waals surface area contributed by atoms with Gasteiger partial charge in [0.25, 0.3) is 0 Å². The van der Waals surface area contributed by atoms with Crippen LogP contribution < -0.4 is 15.4 Å². The number of likely N-dealkylation sites (N-methyl/N-ethyl adjacent to an activating group) is 1. The molecule has 0 saturated heterocycles. The molecule has 6 nitrogen and oxygen atoms in total. The predicted octanol–water partition coefficient (Wildman–Crippen LogP) is 3.33. The van der Waals surface area contributed by atoms with Gasteiger partial charge in [0, 0.05) is 20.6 Å². The molecule has 0 bridgehead atoms. The second kappa shape index (κ2) is 12.1. The summed E-state index contributed by atoms with van der Waals surface area (Å²) in [5, 5.41) is 6.41. The van der Waals surface area contributed by atoms with Gasteiger partial charge in [-0.1, -0.05) is 13.0 Å². The number of hydrogen-bond acceptors (Lipinski definition) is 3. The number of ether oxygens (including phenoxy) is 1. The number of benzene rings is 1. The van der Waals surface area contributed by atoms with E-state index in [-0.39, 0.29) is 48.3 Å². The van der Waals surface area contributed by atoms with Crippen LogP contribution in [0.4, 0.5) is 4.39 Å². The van der Waals surface area contributed by atoms with Crippen molar-refractivity contribution >= 4 is 35.8 Å². The molecule has 1 saturated carbocycles. The van der Waals surface area contributed by atoms with Crippen molar-refractivity contribution in [3.63, 3.8) is 0 Å². The largest absolute Gasteiger partial charge is 0.490 e. The molecule has 1 atom stereocenters. The molecule has 1 aliphatic carbocycles. The van der Waals surface area contributed by atoms with Crippen LogP contribution in [0.1, 0.15) is 44.7 Å². The fraction of sp³-hybridized carbons (Fsp3) is 0.600. The van der Waals surface area contributed by atoms with Crippen LogP contribution in [0.5, 0.6) is 5.75 Å². The molecule has 2 rings (SSSR count). The van der Waals surface area contributed by atoms with E-state index in [0.717, 1.165) is 18.5 Å². The van der Waals surface area contributed by atoms with E-state index in [4.69, 9.17) is 4.74 Å². The Labute approximate surface area is 184 Å². The van der Waals surface area contributed by atoms with Gasteiger partial charge in [0.2, 0.25) is 5.91 Å². The standard InChI is InChI=1S/C20H31FN4O2.HI/c1-5-10-22-20(23-12-19(26)25(3)4)24-14(2)16-8-9-18(17(21)11-16)27-13-15-6-7-15;/h8-9,11,14-15H,5-7,10,12-13H2,1-4H3,(H2,22,23,24);1H. The quantitative estimate of drug-likeness (QED) is 0.307. The summed E-state index contributed by atoms with van der Waals surface area (Å²) in [6.45, 7) is 5.35. The van der Waals surface area contributed by atoms with E-state index in [1.165, 1.54) is 23.8 Å². The molecule has 1 aromatic rings. The van der Waals surface area contributed by atoms with Gasteiger partial charge in [-0.3, -0.25) is 4.79 Å². The third-order valence-corrected chi connectivity index (χ3v) is 4.39. The fourth-order valence-electron chi connectivity index (χ4n) is 2.37. The molecule has 0 aromatic heterocycles. The summed E-state index contributed by atoms with van der Waals surface area (Å²) in [6, 6.07) is 4.85. The van der Waals surface area contributed by atoms with Crippen molar-refractivity contribution in [3.05, 3.63) is 29.6 Å². The van der Waals surface area contributed by atoms with Crippen LogP contribution >= 0.6 is 24.0 Å². The van der Waals surface area contributed by atoms with Crippen molar-refractivity contribution in [2.45, 2.75) is 39.2 Å². The highest BCUT2D eigenvalue weighted by atomic mass is 127. The van der Waals surface area contributed by atoms with Crippen LogP contribution in [0, 0.1) is 11.7 Å². The first-order valence-corrected chi connectivity index (χ1v) is 9.58. The number of aliphatic imine (C=N–C) groups is 1. The van der Waals surface area contributed by atoms with Gasteiger partial charge in [-0.25, -0.2) is 9.38 Å². The molecule has 1 unspecified atom stereocenters. The van der Waals surface area contributed by atoms with Crippen LogP contribution in [-0.2, 0) is 4.79 Å². The number of nitrogens with one attached hydrogen (secondary N) is 2. The minimum Gasteiger partial charge on any atom is -0.490 e. The van der Waals surface area contributed by atoms with Crippen LogP contribution in [0.15, 0.2) is 23.2 Å². The topological polar surface area (TPSA) is 66.0 Å². The molecule has 0 radical (unpaired) electrons. The zero-order chi connectivity index (χ0) is 19.8. The van der Waals surface area contributed by atoms with Gasteiger partial charge in [0.05, 0.1) is 12.6 Å². The van der Waals surface area contributed by atoms with Gasteiger partial charge in [-0.15, -0.1) is 24.0 Å². The third kappa shape index (κ3) is 8.20. The monoisotopic (exact) mass is 506 g/mol. The lowest BCUT2D eigenvalue weighted by Gasteiger charge is -2.19. The first-order chi connectivity index (χ1) is 12.9. The molecule has 0 heterocycles. The van der Waals surface area contributed by atoms with Crippen LogP contribution in [-0.4, -0.2) is 50.6 Å². The third-order valence-electron chi connectivity index (χ3n) is 4.39. The van der Waals surface area contributed by atoms with Crippen molar-refractivity contribution in [2.75, 3.05) is 33.8 Å². The number of guanidine groups is 1. The Morgan fingerprint density at radius 3 is 2.68 bits per heavy atom. The Morgan fingerprint density at radius 2 is 2.11 bits per heavy atom. The lowest BCUT2D eigenvalue weighted by molar-refractivity contribution is -0.127. The predicted molar refractivity (Wildman–Crippen MR) is 121 cm³/mol. The van der Waals surface area contributed by atoms with Crippen LogP contribution in [0.25, 0.3) is 0 Å². The first-order valence-electron chi connectivity index (χ1n) is 9.58. The molecule has 2 N–H and O–H groups in total. The van der Waals surface area contributed by atoms with E-state index in [1.54, 1.807) is 20.2 Å². The highest BCUT2D eigenvalue weighted by Crippen LogP contribution is 2.30. The molecule has 0 aliphatic heterocycles. The molecule has 1 amide bonds. The van der Waals surface area contributed by atoms with Crippen LogP contribution in [0.3, 0.4) is 0 Å². The Kier molecular flexibility index (Phi) is 10.6. The van der Waals surface area contributed by atoms with Crippen molar-refractivity contribution in [2.24, 2.45) is 10.9 Å². The summed E-state index contributed by atoms with van der Waals surface area (Å²) >= 11 is 0. The van der Waals surface area contributed by atoms with Crippen molar-refractivity contribution in [1.82, 2.24) is 15.5 Å². The van der Waals surface area contributed by atoms with E-state index in [0.29, 0.717) is 24.2 Å². The van der Waals surface area contributed by atoms with Gasteiger partial charge in [0.15, 0.2) is 17.5 Å². The highest BCUT2D eigenvalue weighted by Gasteiger charge is 2.22. The van der Waals surface area contributed by atoms with Gasteiger partial charge < -0.3 is 20.3 Å². The summed E-state index contributed by atoms with van der Waals surface area (Å²) < 4.78 is 19.9. The van der Waals surface area contributed by atoms with Gasteiger partial charge >= 0.3 is 0 Å². The minimum absolute atomic E-state index is 0. The van der Waals surface area contributed by atoms with E-state index in [1.807, 2.05) is 13.0 Å². The van der Waals surface area contributed by atoms with Crippen molar-refractivity contribution in [3.8, 4) is 5.75 Å². The minimum atomic E-state index is -0.357.